The molecule has 0 atom stereocenters. The number of carbonyl (C=O) groups excluding carboxylic acids is 1. The number of likely N-dealkylation sites (tertiary alicyclic amines) is 1. The van der Waals surface area contributed by atoms with Crippen LogP contribution in [0.5, 0.6) is 0 Å². The van der Waals surface area contributed by atoms with Crippen LogP contribution in [0.25, 0.3) is 0 Å². The number of hydrogen-bond acceptors (Lipinski definition) is 3. The third-order valence-corrected chi connectivity index (χ3v) is 5.46. The fourth-order valence-corrected chi connectivity index (χ4v) is 3.75. The second-order valence-electron chi connectivity index (χ2n) is 6.81. The minimum Gasteiger partial charge on any atom is -0.326 e. The lowest BCUT2D eigenvalue weighted by molar-refractivity contribution is -0.121. The Labute approximate surface area is 169 Å². The summed E-state index contributed by atoms with van der Waals surface area (Å²) in [6.07, 6.45) is 2.03. The molecule has 1 heterocycles. The van der Waals surface area contributed by atoms with E-state index in [0.29, 0.717) is 16.5 Å². The highest BCUT2D eigenvalue weighted by atomic mass is 35.5. The summed E-state index contributed by atoms with van der Waals surface area (Å²) in [6.45, 7) is 2.49. The molecule has 0 bridgehead atoms. The van der Waals surface area contributed by atoms with Gasteiger partial charge in [-0.3, -0.25) is 9.69 Å². The Bertz CT molecular complexity index is 837. The molecule has 1 N–H and O–H groups in total. The molecule has 1 aliphatic rings. The van der Waals surface area contributed by atoms with Crippen molar-refractivity contribution in [1.29, 1.82) is 5.26 Å². The van der Waals surface area contributed by atoms with Gasteiger partial charge in [0.05, 0.1) is 12.5 Å². The van der Waals surface area contributed by atoms with Gasteiger partial charge in [-0.25, -0.2) is 0 Å². The van der Waals surface area contributed by atoms with Crippen LogP contribution in [0, 0.1) is 17.2 Å². The van der Waals surface area contributed by atoms with Crippen LogP contribution in [0.15, 0.2) is 42.5 Å². The van der Waals surface area contributed by atoms with Crippen LogP contribution < -0.4 is 5.32 Å². The van der Waals surface area contributed by atoms with E-state index in [-0.39, 0.29) is 11.8 Å². The first-order valence-electron chi connectivity index (χ1n) is 8.98. The minimum absolute atomic E-state index is 0.0146. The summed E-state index contributed by atoms with van der Waals surface area (Å²) in [5, 5.41) is 13.0. The first-order chi connectivity index (χ1) is 13.0. The highest BCUT2D eigenvalue weighted by Gasteiger charge is 2.25. The quantitative estimate of drug-likeness (QED) is 0.773. The zero-order chi connectivity index (χ0) is 19.2. The van der Waals surface area contributed by atoms with Gasteiger partial charge in [0.15, 0.2) is 0 Å². The Morgan fingerprint density at radius 1 is 1.15 bits per heavy atom. The van der Waals surface area contributed by atoms with Gasteiger partial charge in [-0.15, -0.1) is 0 Å². The molecule has 1 amide bonds. The molecule has 140 valence electrons. The van der Waals surface area contributed by atoms with Crippen molar-refractivity contribution in [2.45, 2.75) is 25.8 Å². The molecule has 0 saturated carbocycles. The molecule has 2 aromatic carbocycles. The van der Waals surface area contributed by atoms with Crippen LogP contribution in [0.2, 0.25) is 10.0 Å². The van der Waals surface area contributed by atoms with Crippen molar-refractivity contribution >= 4 is 34.8 Å². The molecule has 3 rings (SSSR count). The average Bonchev–Trinajstić information content (AvgIpc) is 2.66. The number of nitrogens with zero attached hydrogens (tertiary/aromatic N) is 2. The number of hydrogen-bond donors (Lipinski definition) is 1. The van der Waals surface area contributed by atoms with E-state index >= 15 is 0 Å². The summed E-state index contributed by atoms with van der Waals surface area (Å²) in [6, 6.07) is 15.1. The van der Waals surface area contributed by atoms with Crippen molar-refractivity contribution in [3.63, 3.8) is 0 Å². The molecule has 6 heteroatoms. The molecular formula is C21H21Cl2N3O. The van der Waals surface area contributed by atoms with E-state index in [1.54, 1.807) is 6.07 Å². The number of halogens is 2. The second kappa shape index (κ2) is 9.23. The third kappa shape index (κ3) is 5.46. The number of rotatable bonds is 5. The topological polar surface area (TPSA) is 56.1 Å². The van der Waals surface area contributed by atoms with Crippen LogP contribution in [0.1, 0.15) is 24.0 Å². The lowest BCUT2D eigenvalue weighted by Gasteiger charge is -2.31. The van der Waals surface area contributed by atoms with Gasteiger partial charge in [-0.2, -0.15) is 5.26 Å². The smallest absolute Gasteiger partial charge is 0.227 e. The summed E-state index contributed by atoms with van der Waals surface area (Å²) < 4.78 is 0. The molecular weight excluding hydrogens is 381 g/mol. The summed E-state index contributed by atoms with van der Waals surface area (Å²) in [5.74, 6) is 0.0768. The first kappa shape index (κ1) is 19.7. The van der Waals surface area contributed by atoms with Crippen LogP contribution in [0.4, 0.5) is 5.69 Å². The molecule has 2 aromatic rings. The molecule has 0 aliphatic carbocycles. The van der Waals surface area contributed by atoms with E-state index in [1.165, 1.54) is 0 Å². The Balaban J connectivity index is 1.49. The molecule has 1 fully saturated rings. The van der Waals surface area contributed by atoms with Crippen LogP contribution in [-0.4, -0.2) is 23.9 Å². The van der Waals surface area contributed by atoms with Crippen molar-refractivity contribution in [1.82, 2.24) is 4.90 Å². The normalized spacial score (nSPS) is 15.3. The number of nitriles is 1. The van der Waals surface area contributed by atoms with Gasteiger partial charge in [0.25, 0.3) is 0 Å². The lowest BCUT2D eigenvalue weighted by Crippen LogP contribution is -2.37. The molecule has 0 unspecified atom stereocenters. The van der Waals surface area contributed by atoms with E-state index in [2.05, 4.69) is 16.3 Å². The lowest BCUT2D eigenvalue weighted by atomic mass is 9.95. The van der Waals surface area contributed by atoms with Gasteiger partial charge < -0.3 is 5.32 Å². The molecule has 0 radical (unpaired) electrons. The highest BCUT2D eigenvalue weighted by Crippen LogP contribution is 2.25. The molecule has 1 aliphatic heterocycles. The van der Waals surface area contributed by atoms with Crippen molar-refractivity contribution in [3.05, 3.63) is 63.6 Å². The van der Waals surface area contributed by atoms with Crippen LogP contribution in [-0.2, 0) is 17.8 Å². The van der Waals surface area contributed by atoms with E-state index in [0.717, 1.165) is 49.3 Å². The Morgan fingerprint density at radius 3 is 2.48 bits per heavy atom. The molecule has 0 aromatic heterocycles. The molecule has 4 nitrogen and oxygen atoms in total. The Kier molecular flexibility index (Phi) is 6.73. The number of benzene rings is 2. The van der Waals surface area contributed by atoms with Crippen molar-refractivity contribution in [2.75, 3.05) is 18.4 Å². The summed E-state index contributed by atoms with van der Waals surface area (Å²) in [5.41, 5.74) is 2.78. The zero-order valence-electron chi connectivity index (χ0n) is 14.9. The van der Waals surface area contributed by atoms with Gasteiger partial charge in [-0.1, -0.05) is 41.4 Å². The van der Waals surface area contributed by atoms with E-state index < -0.39 is 0 Å². The fraction of sp³-hybridized carbons (Fsp3) is 0.333. The van der Waals surface area contributed by atoms with Gasteiger partial charge >= 0.3 is 0 Å². The van der Waals surface area contributed by atoms with Crippen LogP contribution >= 0.6 is 23.2 Å². The summed E-state index contributed by atoms with van der Waals surface area (Å²) in [7, 11) is 0. The summed E-state index contributed by atoms with van der Waals surface area (Å²) >= 11 is 12.2. The van der Waals surface area contributed by atoms with Gasteiger partial charge in [0.1, 0.15) is 0 Å². The monoisotopic (exact) mass is 401 g/mol. The number of anilines is 1. The predicted molar refractivity (Wildman–Crippen MR) is 109 cm³/mol. The van der Waals surface area contributed by atoms with E-state index in [1.807, 2.05) is 36.4 Å². The number of amides is 1. The number of carbonyl (C=O) groups is 1. The highest BCUT2D eigenvalue weighted by molar-refractivity contribution is 6.35. The maximum Gasteiger partial charge on any atom is 0.227 e. The second-order valence-corrected chi connectivity index (χ2v) is 7.65. The zero-order valence-corrected chi connectivity index (χ0v) is 16.4. The maximum atomic E-state index is 12.5. The van der Waals surface area contributed by atoms with Gasteiger partial charge in [-0.05, 0) is 61.3 Å². The standard InChI is InChI=1S/C21H21Cl2N3O/c22-18-4-3-17(20(23)13-18)14-26-11-8-16(9-12-26)21(27)25-19-5-1-15(2-6-19)7-10-24/h1-6,13,16H,7-9,11-12,14H2,(H,25,27). The Morgan fingerprint density at radius 2 is 1.85 bits per heavy atom. The Hall–Kier alpha value is -2.06. The fourth-order valence-electron chi connectivity index (χ4n) is 3.29. The van der Waals surface area contributed by atoms with Gasteiger partial charge in [0.2, 0.25) is 5.91 Å². The van der Waals surface area contributed by atoms with Crippen molar-refractivity contribution < 1.29 is 4.79 Å². The van der Waals surface area contributed by atoms with Crippen LogP contribution in [0.3, 0.4) is 0 Å². The van der Waals surface area contributed by atoms with Crippen molar-refractivity contribution in [3.8, 4) is 6.07 Å². The first-order valence-corrected chi connectivity index (χ1v) is 9.74. The number of piperidine rings is 1. The van der Waals surface area contributed by atoms with Gasteiger partial charge in [0, 0.05) is 28.2 Å². The third-order valence-electron chi connectivity index (χ3n) is 4.87. The average molecular weight is 402 g/mol. The molecule has 1 saturated heterocycles. The largest absolute Gasteiger partial charge is 0.326 e. The van der Waals surface area contributed by atoms with Crippen molar-refractivity contribution in [2.24, 2.45) is 5.92 Å². The van der Waals surface area contributed by atoms with E-state index in [4.69, 9.17) is 28.5 Å². The summed E-state index contributed by atoms with van der Waals surface area (Å²) in [4.78, 5) is 14.8. The SMILES string of the molecule is N#CCc1ccc(NC(=O)C2CCN(Cc3ccc(Cl)cc3Cl)CC2)cc1. The molecule has 27 heavy (non-hydrogen) atoms. The maximum absolute atomic E-state index is 12.5. The molecule has 0 spiro atoms. The van der Waals surface area contributed by atoms with E-state index in [9.17, 15) is 4.79 Å². The minimum atomic E-state index is 0.0146. The predicted octanol–water partition coefficient (Wildman–Crippen LogP) is 4.91. The number of nitrogens with one attached hydrogen (secondary N) is 1.